The Balaban J connectivity index is 1.48. The third kappa shape index (κ3) is 6.01. The molecule has 4 atom stereocenters. The second-order valence-electron chi connectivity index (χ2n) is 9.98. The number of aromatic nitrogens is 2. The molecule has 1 aliphatic carbocycles. The summed E-state index contributed by atoms with van der Waals surface area (Å²) in [5, 5.41) is 4.23. The Hall–Kier alpha value is -1.90. The highest BCUT2D eigenvalue weighted by molar-refractivity contribution is 8.00. The summed E-state index contributed by atoms with van der Waals surface area (Å²) in [6.45, 7) is 11.7. The summed E-state index contributed by atoms with van der Waals surface area (Å²) in [7, 11) is 0. The van der Waals surface area contributed by atoms with Crippen molar-refractivity contribution in [1.82, 2.24) is 14.9 Å². The SMILES string of the molecule is CC(Sc1nc2ccccc2c(=O)n1CCC[NH+]1CCOCC1)C(=O)NC1CCCC(C)C1C. The van der Waals surface area contributed by atoms with Crippen molar-refractivity contribution >= 4 is 28.6 Å². The number of carbonyl (C=O) groups excluding carboxylic acids is 1. The molecule has 1 aliphatic heterocycles. The molecule has 8 heteroatoms. The number of thioether (sulfide) groups is 1. The maximum Gasteiger partial charge on any atom is 0.262 e. The number of hydrogen-bond acceptors (Lipinski definition) is 5. The van der Waals surface area contributed by atoms with Gasteiger partial charge in [0.25, 0.3) is 5.56 Å². The van der Waals surface area contributed by atoms with Crippen LogP contribution in [0.25, 0.3) is 10.9 Å². The van der Waals surface area contributed by atoms with Crippen LogP contribution in [0.4, 0.5) is 0 Å². The zero-order valence-electron chi connectivity index (χ0n) is 20.7. The van der Waals surface area contributed by atoms with Gasteiger partial charge in [-0.15, -0.1) is 0 Å². The van der Waals surface area contributed by atoms with Gasteiger partial charge < -0.3 is 15.0 Å². The van der Waals surface area contributed by atoms with E-state index in [4.69, 9.17) is 9.72 Å². The van der Waals surface area contributed by atoms with E-state index in [1.807, 2.05) is 31.2 Å². The summed E-state index contributed by atoms with van der Waals surface area (Å²) in [6, 6.07) is 7.71. The summed E-state index contributed by atoms with van der Waals surface area (Å²) < 4.78 is 7.24. The second-order valence-corrected chi connectivity index (χ2v) is 11.3. The van der Waals surface area contributed by atoms with E-state index in [0.29, 0.717) is 34.4 Å². The maximum absolute atomic E-state index is 13.4. The number of fused-ring (bicyclic) bond motifs is 1. The van der Waals surface area contributed by atoms with Crippen LogP contribution in [0, 0.1) is 11.8 Å². The van der Waals surface area contributed by atoms with Gasteiger partial charge in [0.05, 0.1) is 35.9 Å². The number of para-hydroxylation sites is 1. The van der Waals surface area contributed by atoms with E-state index in [9.17, 15) is 9.59 Å². The highest BCUT2D eigenvalue weighted by atomic mass is 32.2. The molecule has 2 N–H and O–H groups in total. The molecule has 186 valence electrons. The molecule has 1 saturated carbocycles. The fourth-order valence-corrected chi connectivity index (χ4v) is 6.07. The Labute approximate surface area is 206 Å². The average molecular weight is 488 g/mol. The maximum atomic E-state index is 13.4. The molecule has 0 bridgehead atoms. The Morgan fingerprint density at radius 1 is 1.26 bits per heavy atom. The molecular weight excluding hydrogens is 448 g/mol. The number of benzene rings is 1. The second kappa shape index (κ2) is 11.7. The zero-order valence-corrected chi connectivity index (χ0v) is 21.5. The van der Waals surface area contributed by atoms with Gasteiger partial charge in [0, 0.05) is 19.0 Å². The lowest BCUT2D eigenvalue weighted by molar-refractivity contribution is -0.908. The molecule has 0 spiro atoms. The molecular formula is C26H39N4O3S+. The van der Waals surface area contributed by atoms with Gasteiger partial charge in [0.15, 0.2) is 5.16 Å². The van der Waals surface area contributed by atoms with Crippen LogP contribution in [0.3, 0.4) is 0 Å². The molecule has 1 amide bonds. The molecule has 34 heavy (non-hydrogen) atoms. The number of nitrogens with zero attached hydrogens (tertiary/aromatic N) is 2. The van der Waals surface area contributed by atoms with Crippen LogP contribution < -0.4 is 15.8 Å². The number of amides is 1. The van der Waals surface area contributed by atoms with Crippen molar-refractivity contribution in [2.45, 2.75) is 69.4 Å². The lowest BCUT2D eigenvalue weighted by atomic mass is 9.78. The lowest BCUT2D eigenvalue weighted by Crippen LogP contribution is -3.14. The van der Waals surface area contributed by atoms with Crippen molar-refractivity contribution in [1.29, 1.82) is 0 Å². The Kier molecular flexibility index (Phi) is 8.66. The normalized spacial score (nSPS) is 24.7. The predicted octanol–water partition coefficient (Wildman–Crippen LogP) is 2.12. The van der Waals surface area contributed by atoms with Crippen LogP contribution in [-0.4, -0.2) is 59.6 Å². The van der Waals surface area contributed by atoms with Crippen LogP contribution in [-0.2, 0) is 16.1 Å². The van der Waals surface area contributed by atoms with Gasteiger partial charge in [-0.2, -0.15) is 0 Å². The molecule has 2 heterocycles. The topological polar surface area (TPSA) is 77.7 Å². The van der Waals surface area contributed by atoms with Crippen molar-refractivity contribution in [2.24, 2.45) is 11.8 Å². The highest BCUT2D eigenvalue weighted by Crippen LogP contribution is 2.30. The van der Waals surface area contributed by atoms with E-state index in [-0.39, 0.29) is 22.8 Å². The van der Waals surface area contributed by atoms with Gasteiger partial charge in [-0.05, 0) is 37.3 Å². The average Bonchev–Trinajstić information content (AvgIpc) is 2.84. The molecule has 2 fully saturated rings. The van der Waals surface area contributed by atoms with Gasteiger partial charge in [-0.1, -0.05) is 50.6 Å². The minimum atomic E-state index is -0.325. The summed E-state index contributed by atoms with van der Waals surface area (Å²) >= 11 is 1.40. The monoisotopic (exact) mass is 487 g/mol. The van der Waals surface area contributed by atoms with Gasteiger partial charge in [0.2, 0.25) is 5.91 Å². The van der Waals surface area contributed by atoms with E-state index >= 15 is 0 Å². The number of carbonyl (C=O) groups is 1. The van der Waals surface area contributed by atoms with Crippen molar-refractivity contribution in [2.75, 3.05) is 32.8 Å². The first-order valence-corrected chi connectivity index (χ1v) is 13.7. The molecule has 7 nitrogen and oxygen atoms in total. The fourth-order valence-electron chi connectivity index (χ4n) is 5.13. The van der Waals surface area contributed by atoms with E-state index < -0.39 is 0 Å². The van der Waals surface area contributed by atoms with E-state index in [1.165, 1.54) is 23.1 Å². The first kappa shape index (κ1) is 25.2. The number of ether oxygens (including phenoxy) is 1. The first-order valence-electron chi connectivity index (χ1n) is 12.8. The van der Waals surface area contributed by atoms with Gasteiger partial charge >= 0.3 is 0 Å². The quantitative estimate of drug-likeness (QED) is 0.441. The Morgan fingerprint density at radius 3 is 2.82 bits per heavy atom. The largest absolute Gasteiger partial charge is 0.370 e. The van der Waals surface area contributed by atoms with Crippen molar-refractivity contribution in [3.63, 3.8) is 0 Å². The Bertz CT molecular complexity index is 1040. The highest BCUT2D eigenvalue weighted by Gasteiger charge is 2.30. The minimum Gasteiger partial charge on any atom is -0.370 e. The summed E-state index contributed by atoms with van der Waals surface area (Å²) in [5.41, 5.74) is 0.666. The zero-order chi connectivity index (χ0) is 24.1. The number of rotatable bonds is 8. The van der Waals surface area contributed by atoms with Gasteiger partial charge in [-0.25, -0.2) is 4.98 Å². The standard InChI is InChI=1S/C26H38N4O3S/c1-18-8-6-11-22(19(18)2)27-24(31)20(3)34-26-28-23-10-5-4-9-21(23)25(32)30(26)13-7-12-29-14-16-33-17-15-29/h4-5,9-10,18-20,22H,6-8,11-17H2,1-3H3,(H,27,31)/p+1. The fraction of sp³-hybridized carbons (Fsp3) is 0.654. The Morgan fingerprint density at radius 2 is 2.03 bits per heavy atom. The molecule has 2 aliphatic rings. The molecule has 0 radical (unpaired) electrons. The van der Waals surface area contributed by atoms with E-state index in [0.717, 1.165) is 52.1 Å². The van der Waals surface area contributed by atoms with Crippen LogP contribution in [0.1, 0.15) is 46.5 Å². The number of quaternary nitrogens is 1. The molecule has 1 aromatic carbocycles. The van der Waals surface area contributed by atoms with Crippen LogP contribution >= 0.6 is 11.8 Å². The van der Waals surface area contributed by atoms with Crippen molar-refractivity contribution in [3.8, 4) is 0 Å². The van der Waals surface area contributed by atoms with Crippen molar-refractivity contribution in [3.05, 3.63) is 34.6 Å². The number of hydrogen-bond donors (Lipinski definition) is 2. The summed E-state index contributed by atoms with van der Waals surface area (Å²) in [5.74, 6) is 1.14. The van der Waals surface area contributed by atoms with E-state index in [1.54, 1.807) is 4.57 Å². The van der Waals surface area contributed by atoms with Gasteiger partial charge in [-0.3, -0.25) is 14.2 Å². The molecule has 1 saturated heterocycles. The summed E-state index contributed by atoms with van der Waals surface area (Å²) in [6.07, 6.45) is 4.32. The molecule has 2 aromatic rings. The van der Waals surface area contributed by atoms with Crippen LogP contribution in [0.2, 0.25) is 0 Å². The third-order valence-electron chi connectivity index (χ3n) is 7.62. The summed E-state index contributed by atoms with van der Waals surface area (Å²) in [4.78, 5) is 32.8. The molecule has 1 aromatic heterocycles. The van der Waals surface area contributed by atoms with Crippen LogP contribution in [0.15, 0.2) is 34.2 Å². The molecule has 4 unspecified atom stereocenters. The number of nitrogens with one attached hydrogen (secondary N) is 2. The predicted molar refractivity (Wildman–Crippen MR) is 136 cm³/mol. The van der Waals surface area contributed by atoms with Crippen LogP contribution in [0.5, 0.6) is 0 Å². The smallest absolute Gasteiger partial charge is 0.262 e. The number of morpholine rings is 1. The molecule has 4 rings (SSSR count). The minimum absolute atomic E-state index is 0.0209. The van der Waals surface area contributed by atoms with Gasteiger partial charge in [0.1, 0.15) is 13.1 Å². The third-order valence-corrected chi connectivity index (χ3v) is 8.71. The van der Waals surface area contributed by atoms with E-state index in [2.05, 4.69) is 19.2 Å². The first-order chi connectivity index (χ1) is 16.4. The lowest BCUT2D eigenvalue weighted by Gasteiger charge is -2.35. The van der Waals surface area contributed by atoms with Crippen molar-refractivity contribution < 1.29 is 14.4 Å².